The fourth-order valence-electron chi connectivity index (χ4n) is 3.84. The number of aromatic nitrogens is 5. The van der Waals surface area contributed by atoms with Crippen molar-refractivity contribution in [3.05, 3.63) is 100 Å². The molecule has 3 heterocycles. The van der Waals surface area contributed by atoms with E-state index in [1.165, 1.54) is 4.52 Å². The first-order valence-electron chi connectivity index (χ1n) is 11.1. The zero-order valence-electron chi connectivity index (χ0n) is 19.4. The number of fused-ring (bicyclic) bond motifs is 2. The van der Waals surface area contributed by atoms with Gasteiger partial charge in [0.2, 0.25) is 0 Å². The molecular formula is C26H25N7O2. The highest BCUT2D eigenvalue weighted by Gasteiger charge is 2.15. The van der Waals surface area contributed by atoms with Crippen LogP contribution in [0, 0.1) is 0 Å². The maximum atomic E-state index is 13.1. The molecule has 3 aromatic heterocycles. The molecule has 0 saturated carbocycles. The zero-order valence-corrected chi connectivity index (χ0v) is 19.4. The SMILES string of the molecule is C/C=C/c1cccc2nc(CC)n(-c3ccccc3)c(=O)c12.NC(=O)c1c(N)nn2cccnc12. The minimum atomic E-state index is -0.619. The molecule has 0 spiro atoms. The van der Waals surface area contributed by atoms with Gasteiger partial charge in [-0.05, 0) is 36.8 Å². The Morgan fingerprint density at radius 1 is 1.09 bits per heavy atom. The van der Waals surface area contributed by atoms with Crippen LogP contribution in [0.1, 0.15) is 35.6 Å². The van der Waals surface area contributed by atoms with Crippen LogP contribution in [-0.4, -0.2) is 30.1 Å². The van der Waals surface area contributed by atoms with Crippen molar-refractivity contribution in [2.45, 2.75) is 20.3 Å². The molecule has 0 fully saturated rings. The van der Waals surface area contributed by atoms with E-state index >= 15 is 0 Å². The first kappa shape index (κ1) is 23.4. The van der Waals surface area contributed by atoms with E-state index in [4.69, 9.17) is 16.5 Å². The number of rotatable bonds is 4. The van der Waals surface area contributed by atoms with E-state index in [0.717, 1.165) is 22.6 Å². The second-order valence-electron chi connectivity index (χ2n) is 7.61. The van der Waals surface area contributed by atoms with E-state index in [9.17, 15) is 9.59 Å². The summed E-state index contributed by atoms with van der Waals surface area (Å²) in [6, 6.07) is 17.2. The van der Waals surface area contributed by atoms with Gasteiger partial charge in [-0.3, -0.25) is 14.2 Å². The van der Waals surface area contributed by atoms with Crippen molar-refractivity contribution in [3.63, 3.8) is 0 Å². The summed E-state index contributed by atoms with van der Waals surface area (Å²) in [5, 5.41) is 4.53. The van der Waals surface area contributed by atoms with E-state index in [2.05, 4.69) is 10.1 Å². The summed E-state index contributed by atoms with van der Waals surface area (Å²) in [7, 11) is 0. The molecule has 35 heavy (non-hydrogen) atoms. The first-order valence-corrected chi connectivity index (χ1v) is 11.1. The molecule has 0 atom stereocenters. The Hall–Kier alpha value is -4.79. The van der Waals surface area contributed by atoms with E-state index in [0.29, 0.717) is 17.5 Å². The van der Waals surface area contributed by atoms with Gasteiger partial charge in [0.1, 0.15) is 11.4 Å². The van der Waals surface area contributed by atoms with E-state index < -0.39 is 5.91 Å². The first-order chi connectivity index (χ1) is 17.0. The van der Waals surface area contributed by atoms with Crippen LogP contribution in [0.2, 0.25) is 0 Å². The van der Waals surface area contributed by atoms with Crippen LogP contribution >= 0.6 is 0 Å². The second-order valence-corrected chi connectivity index (χ2v) is 7.61. The lowest BCUT2D eigenvalue weighted by molar-refractivity contribution is 0.100. The number of amides is 1. The minimum absolute atomic E-state index is 0.0123. The van der Waals surface area contributed by atoms with Gasteiger partial charge in [0, 0.05) is 18.8 Å². The van der Waals surface area contributed by atoms with Crippen molar-refractivity contribution in [2.75, 3.05) is 5.73 Å². The van der Waals surface area contributed by atoms with Gasteiger partial charge >= 0.3 is 0 Å². The molecule has 5 rings (SSSR count). The lowest BCUT2D eigenvalue weighted by Gasteiger charge is -2.13. The fraction of sp³-hybridized carbons (Fsp3) is 0.115. The van der Waals surface area contributed by atoms with Crippen LogP contribution in [0.15, 0.2) is 77.9 Å². The Labute approximate surface area is 201 Å². The summed E-state index contributed by atoms with van der Waals surface area (Å²) < 4.78 is 3.13. The average molecular weight is 468 g/mol. The number of anilines is 1. The third kappa shape index (κ3) is 4.51. The lowest BCUT2D eigenvalue weighted by Crippen LogP contribution is -2.24. The maximum absolute atomic E-state index is 13.1. The van der Waals surface area contributed by atoms with Gasteiger partial charge < -0.3 is 11.5 Å². The Bertz CT molecular complexity index is 1600. The van der Waals surface area contributed by atoms with E-state index in [-0.39, 0.29) is 16.9 Å². The quantitative estimate of drug-likeness (QED) is 0.416. The number of nitrogen functional groups attached to an aromatic ring is 1. The Kier molecular flexibility index (Phi) is 6.68. The number of hydrogen-bond acceptors (Lipinski definition) is 6. The number of nitrogens with zero attached hydrogens (tertiary/aromatic N) is 5. The average Bonchev–Trinajstić information content (AvgIpc) is 3.21. The molecule has 0 radical (unpaired) electrons. The molecule has 5 aromatic rings. The predicted molar refractivity (Wildman–Crippen MR) is 137 cm³/mol. The van der Waals surface area contributed by atoms with Gasteiger partial charge in [-0.25, -0.2) is 14.5 Å². The highest BCUT2D eigenvalue weighted by molar-refractivity contribution is 6.03. The molecule has 0 aliphatic heterocycles. The summed E-state index contributed by atoms with van der Waals surface area (Å²) in [6.07, 6.45) is 7.78. The predicted octanol–water partition coefficient (Wildman–Crippen LogP) is 3.39. The summed E-state index contributed by atoms with van der Waals surface area (Å²) in [4.78, 5) is 32.7. The molecule has 4 N–H and O–H groups in total. The Morgan fingerprint density at radius 2 is 1.86 bits per heavy atom. The van der Waals surface area contributed by atoms with Crippen molar-refractivity contribution < 1.29 is 4.79 Å². The lowest BCUT2D eigenvalue weighted by atomic mass is 10.1. The minimum Gasteiger partial charge on any atom is -0.381 e. The smallest absolute Gasteiger partial charge is 0.266 e. The topological polar surface area (TPSA) is 134 Å². The zero-order chi connectivity index (χ0) is 24.9. The highest BCUT2D eigenvalue weighted by Crippen LogP contribution is 2.18. The monoisotopic (exact) mass is 467 g/mol. The van der Waals surface area contributed by atoms with E-state index in [1.54, 1.807) is 23.0 Å². The van der Waals surface area contributed by atoms with Crippen LogP contribution < -0.4 is 17.0 Å². The summed E-state index contributed by atoms with van der Waals surface area (Å²) in [6.45, 7) is 3.96. The molecular weight excluding hydrogens is 442 g/mol. The molecule has 1 amide bonds. The van der Waals surface area contributed by atoms with Gasteiger partial charge in [0.05, 0.1) is 16.6 Å². The maximum Gasteiger partial charge on any atom is 0.266 e. The molecule has 9 heteroatoms. The summed E-state index contributed by atoms with van der Waals surface area (Å²) in [5.74, 6) is 0.263. The third-order valence-corrected chi connectivity index (χ3v) is 5.34. The van der Waals surface area contributed by atoms with Crippen molar-refractivity contribution in [1.82, 2.24) is 24.1 Å². The van der Waals surface area contributed by atoms with Crippen LogP contribution in [0.3, 0.4) is 0 Å². The van der Waals surface area contributed by atoms with Gasteiger partial charge in [-0.2, -0.15) is 0 Å². The van der Waals surface area contributed by atoms with Crippen molar-refractivity contribution in [3.8, 4) is 5.69 Å². The van der Waals surface area contributed by atoms with Gasteiger partial charge in [0.25, 0.3) is 11.5 Å². The molecule has 0 saturated heterocycles. The number of allylic oxidation sites excluding steroid dienone is 1. The molecule has 176 valence electrons. The summed E-state index contributed by atoms with van der Waals surface area (Å²) >= 11 is 0. The normalized spacial score (nSPS) is 11.0. The van der Waals surface area contributed by atoms with Crippen molar-refractivity contribution in [2.24, 2.45) is 5.73 Å². The van der Waals surface area contributed by atoms with Crippen molar-refractivity contribution >= 4 is 34.4 Å². The summed E-state index contributed by atoms with van der Waals surface area (Å²) in [5.41, 5.74) is 13.6. The molecule has 0 unspecified atom stereocenters. The van der Waals surface area contributed by atoms with Crippen LogP contribution in [-0.2, 0) is 6.42 Å². The number of nitrogens with two attached hydrogens (primary N) is 2. The Morgan fingerprint density at radius 3 is 2.54 bits per heavy atom. The molecule has 0 bridgehead atoms. The fourth-order valence-corrected chi connectivity index (χ4v) is 3.84. The highest BCUT2D eigenvalue weighted by atomic mass is 16.1. The molecule has 9 nitrogen and oxygen atoms in total. The third-order valence-electron chi connectivity index (χ3n) is 5.34. The number of aryl methyl sites for hydroxylation is 1. The standard InChI is InChI=1S/C19H18N2O.C7H7N5O/c1-3-9-14-10-8-13-16-18(14)19(22)21(17(4-2)20-16)15-11-6-5-7-12-15;8-5-4(6(9)13)7-10-2-1-3-12(7)11-5/h3,5-13H,4H2,1-2H3;1-3H,(H2,8,11)(H2,9,13)/b9-3+;. The molecule has 0 aliphatic carbocycles. The van der Waals surface area contributed by atoms with Crippen LogP contribution in [0.25, 0.3) is 28.3 Å². The number of hydrogen-bond donors (Lipinski definition) is 2. The number of benzene rings is 2. The van der Waals surface area contributed by atoms with Gasteiger partial charge in [-0.1, -0.05) is 49.4 Å². The van der Waals surface area contributed by atoms with E-state index in [1.807, 2.05) is 74.5 Å². The number of para-hydroxylation sites is 1. The Balaban J connectivity index is 0.000000189. The number of primary amides is 1. The van der Waals surface area contributed by atoms with Gasteiger partial charge in [0.15, 0.2) is 11.5 Å². The largest absolute Gasteiger partial charge is 0.381 e. The number of carbonyl (C=O) groups excluding carboxylic acids is 1. The van der Waals surface area contributed by atoms with Crippen molar-refractivity contribution in [1.29, 1.82) is 0 Å². The van der Waals surface area contributed by atoms with Crippen LogP contribution in [0.4, 0.5) is 5.82 Å². The number of carbonyl (C=O) groups is 1. The molecule has 2 aromatic carbocycles. The van der Waals surface area contributed by atoms with Gasteiger partial charge in [-0.15, -0.1) is 5.10 Å². The second kappa shape index (κ2) is 10.0. The van der Waals surface area contributed by atoms with Crippen LogP contribution in [0.5, 0.6) is 0 Å². The molecule has 0 aliphatic rings.